The molecular formula is C24H15N5O2S. The van der Waals surface area contributed by atoms with E-state index in [0.29, 0.717) is 21.1 Å². The van der Waals surface area contributed by atoms with Crippen LogP contribution >= 0.6 is 11.3 Å². The highest BCUT2D eigenvalue weighted by Crippen LogP contribution is 2.24. The number of fused-ring (bicyclic) bond motifs is 1. The predicted molar refractivity (Wildman–Crippen MR) is 123 cm³/mol. The molecule has 154 valence electrons. The predicted octanol–water partition coefficient (Wildman–Crippen LogP) is 3.81. The molecule has 0 N–H and O–H groups in total. The van der Waals surface area contributed by atoms with Crippen LogP contribution in [0.2, 0.25) is 0 Å². The fourth-order valence-electron chi connectivity index (χ4n) is 3.51. The second kappa shape index (κ2) is 7.44. The maximum Gasteiger partial charge on any atom is 0.291 e. The summed E-state index contributed by atoms with van der Waals surface area (Å²) in [6.45, 7) is 0. The maximum atomic E-state index is 13.0. The highest BCUT2D eigenvalue weighted by atomic mass is 32.1. The summed E-state index contributed by atoms with van der Waals surface area (Å²) in [5.74, 6) is 0.924. The van der Waals surface area contributed by atoms with E-state index in [1.165, 1.54) is 15.9 Å². The van der Waals surface area contributed by atoms with Crippen molar-refractivity contribution in [2.75, 3.05) is 0 Å². The first-order valence-electron chi connectivity index (χ1n) is 9.92. The Kier molecular flexibility index (Phi) is 4.29. The fourth-order valence-corrected chi connectivity index (χ4v) is 4.41. The SMILES string of the molecule is O=c1/c(=C/c2cn(-c3ccccc3)nc2-c2ccccc2)sc2nc(-c3ccco3)nn12. The Morgan fingerprint density at radius 2 is 1.69 bits per heavy atom. The van der Waals surface area contributed by atoms with Crippen LogP contribution in [0.15, 0.2) is 94.5 Å². The van der Waals surface area contributed by atoms with E-state index in [1.807, 2.05) is 77.6 Å². The Bertz CT molecular complexity index is 1630. The molecule has 0 amide bonds. The number of rotatable bonds is 4. The molecule has 0 saturated carbocycles. The van der Waals surface area contributed by atoms with Gasteiger partial charge in [-0.2, -0.15) is 14.6 Å². The van der Waals surface area contributed by atoms with E-state index in [0.717, 1.165) is 22.5 Å². The van der Waals surface area contributed by atoms with Gasteiger partial charge in [0.1, 0.15) is 0 Å². The number of para-hydroxylation sites is 1. The first-order valence-corrected chi connectivity index (χ1v) is 10.7. The van der Waals surface area contributed by atoms with Gasteiger partial charge in [0.05, 0.1) is 22.2 Å². The van der Waals surface area contributed by atoms with Crippen molar-refractivity contribution in [2.45, 2.75) is 0 Å². The van der Waals surface area contributed by atoms with Crippen LogP contribution in [0.4, 0.5) is 0 Å². The van der Waals surface area contributed by atoms with Crippen molar-refractivity contribution < 1.29 is 4.42 Å². The van der Waals surface area contributed by atoms with E-state index >= 15 is 0 Å². The van der Waals surface area contributed by atoms with E-state index in [-0.39, 0.29) is 5.56 Å². The molecule has 2 aromatic carbocycles. The van der Waals surface area contributed by atoms with Crippen LogP contribution < -0.4 is 10.1 Å². The van der Waals surface area contributed by atoms with Gasteiger partial charge in [0.15, 0.2) is 5.76 Å². The topological polar surface area (TPSA) is 78.2 Å². The number of hydrogen-bond acceptors (Lipinski definition) is 6. The number of benzene rings is 2. The van der Waals surface area contributed by atoms with E-state index < -0.39 is 0 Å². The van der Waals surface area contributed by atoms with Crippen LogP contribution in [0.1, 0.15) is 5.56 Å². The van der Waals surface area contributed by atoms with Crippen molar-refractivity contribution in [3.63, 3.8) is 0 Å². The Balaban J connectivity index is 1.51. The number of furan rings is 1. The van der Waals surface area contributed by atoms with Gasteiger partial charge in [0, 0.05) is 17.3 Å². The minimum atomic E-state index is -0.221. The molecule has 0 aliphatic heterocycles. The summed E-state index contributed by atoms with van der Waals surface area (Å²) in [6.07, 6.45) is 5.34. The lowest BCUT2D eigenvalue weighted by Gasteiger charge is -2.00. The quantitative estimate of drug-likeness (QED) is 0.419. The molecule has 0 fully saturated rings. The average Bonchev–Trinajstić information content (AvgIpc) is 3.61. The second-order valence-corrected chi connectivity index (χ2v) is 8.11. The molecule has 0 saturated heterocycles. The smallest absolute Gasteiger partial charge is 0.291 e. The molecule has 6 rings (SSSR count). The van der Waals surface area contributed by atoms with Gasteiger partial charge < -0.3 is 4.42 Å². The van der Waals surface area contributed by atoms with Gasteiger partial charge in [-0.3, -0.25) is 4.79 Å². The van der Waals surface area contributed by atoms with Crippen LogP contribution in [-0.4, -0.2) is 24.4 Å². The number of hydrogen-bond donors (Lipinski definition) is 0. The Hall–Kier alpha value is -4.30. The lowest BCUT2D eigenvalue weighted by atomic mass is 10.1. The highest BCUT2D eigenvalue weighted by Gasteiger charge is 2.15. The zero-order valence-corrected chi connectivity index (χ0v) is 17.4. The molecule has 4 heterocycles. The summed E-state index contributed by atoms with van der Waals surface area (Å²) in [5, 5.41) is 9.12. The summed E-state index contributed by atoms with van der Waals surface area (Å²) < 4.78 is 9.02. The number of thiazole rings is 1. The molecule has 0 radical (unpaired) electrons. The summed E-state index contributed by atoms with van der Waals surface area (Å²) in [7, 11) is 0. The van der Waals surface area contributed by atoms with E-state index in [9.17, 15) is 4.79 Å². The second-order valence-electron chi connectivity index (χ2n) is 7.10. The van der Waals surface area contributed by atoms with Gasteiger partial charge >= 0.3 is 0 Å². The van der Waals surface area contributed by atoms with Gasteiger partial charge in [-0.1, -0.05) is 59.9 Å². The summed E-state index contributed by atoms with van der Waals surface area (Å²) in [5.41, 5.74) is 3.33. The molecule has 0 aliphatic rings. The van der Waals surface area contributed by atoms with Crippen molar-refractivity contribution in [3.05, 3.63) is 106 Å². The normalized spacial score (nSPS) is 12.1. The number of nitrogens with zero attached hydrogens (tertiary/aromatic N) is 5. The van der Waals surface area contributed by atoms with Crippen LogP contribution in [0, 0.1) is 0 Å². The Labute approximate surface area is 185 Å². The zero-order valence-electron chi connectivity index (χ0n) is 16.6. The van der Waals surface area contributed by atoms with Gasteiger partial charge in [-0.15, -0.1) is 5.10 Å². The molecule has 7 nitrogen and oxygen atoms in total. The molecule has 0 bridgehead atoms. The lowest BCUT2D eigenvalue weighted by Crippen LogP contribution is -2.23. The van der Waals surface area contributed by atoms with Gasteiger partial charge in [-0.25, -0.2) is 4.68 Å². The van der Waals surface area contributed by atoms with Crippen molar-refractivity contribution in [1.29, 1.82) is 0 Å². The van der Waals surface area contributed by atoms with Crippen LogP contribution in [-0.2, 0) is 0 Å². The fraction of sp³-hybridized carbons (Fsp3) is 0. The first kappa shape index (κ1) is 18.5. The highest BCUT2D eigenvalue weighted by molar-refractivity contribution is 7.15. The molecule has 0 atom stereocenters. The lowest BCUT2D eigenvalue weighted by molar-refractivity contribution is 0.577. The molecule has 0 unspecified atom stereocenters. The minimum Gasteiger partial charge on any atom is -0.461 e. The van der Waals surface area contributed by atoms with Gasteiger partial charge in [-0.05, 0) is 30.3 Å². The van der Waals surface area contributed by atoms with Crippen LogP contribution in [0.3, 0.4) is 0 Å². The summed E-state index contributed by atoms with van der Waals surface area (Å²) in [4.78, 5) is 18.0. The molecule has 32 heavy (non-hydrogen) atoms. The third kappa shape index (κ3) is 3.14. The molecule has 8 heteroatoms. The van der Waals surface area contributed by atoms with Crippen LogP contribution in [0.5, 0.6) is 0 Å². The average molecular weight is 437 g/mol. The van der Waals surface area contributed by atoms with E-state index in [2.05, 4.69) is 10.1 Å². The molecule has 0 spiro atoms. The van der Waals surface area contributed by atoms with Gasteiger partial charge in [0.25, 0.3) is 5.56 Å². The van der Waals surface area contributed by atoms with E-state index in [1.54, 1.807) is 18.4 Å². The third-order valence-electron chi connectivity index (χ3n) is 5.02. The standard InChI is InChI=1S/C24H15N5O2S/c30-23-20(32-24-25-22(27-29(23)24)19-12-7-13-31-19)14-17-15-28(18-10-5-2-6-11-18)26-21(17)16-8-3-1-4-9-16/h1-15H/b20-14-. The zero-order chi connectivity index (χ0) is 21.5. The summed E-state index contributed by atoms with van der Waals surface area (Å²) >= 11 is 1.29. The molecular weight excluding hydrogens is 422 g/mol. The molecule has 4 aromatic heterocycles. The Morgan fingerprint density at radius 3 is 2.41 bits per heavy atom. The van der Waals surface area contributed by atoms with Crippen molar-refractivity contribution in [1.82, 2.24) is 24.4 Å². The maximum absolute atomic E-state index is 13.0. The summed E-state index contributed by atoms with van der Waals surface area (Å²) in [6, 6.07) is 23.3. The monoisotopic (exact) mass is 437 g/mol. The van der Waals surface area contributed by atoms with Crippen molar-refractivity contribution in [2.24, 2.45) is 0 Å². The van der Waals surface area contributed by atoms with Crippen LogP contribution in [0.25, 0.3) is 39.6 Å². The molecule has 0 aliphatic carbocycles. The van der Waals surface area contributed by atoms with Crippen molar-refractivity contribution in [3.8, 4) is 28.5 Å². The minimum absolute atomic E-state index is 0.221. The van der Waals surface area contributed by atoms with Crippen molar-refractivity contribution >= 4 is 22.4 Å². The number of aromatic nitrogens is 5. The third-order valence-corrected chi connectivity index (χ3v) is 5.98. The first-order chi connectivity index (χ1) is 15.8. The Morgan fingerprint density at radius 1 is 0.906 bits per heavy atom. The molecule has 6 aromatic rings. The van der Waals surface area contributed by atoms with Gasteiger partial charge in [0.2, 0.25) is 10.8 Å². The van der Waals surface area contributed by atoms with E-state index in [4.69, 9.17) is 9.52 Å². The largest absolute Gasteiger partial charge is 0.461 e.